The molecule has 0 unspecified atom stereocenters. The summed E-state index contributed by atoms with van der Waals surface area (Å²) in [6.45, 7) is 5.10. The van der Waals surface area contributed by atoms with Crippen molar-refractivity contribution in [3.8, 4) is 5.75 Å². The Balaban J connectivity index is 1.50. The zero-order valence-electron chi connectivity index (χ0n) is 13.8. The molecule has 2 aromatic rings. The molecule has 1 atom stereocenters. The molecule has 0 bridgehead atoms. The molecule has 0 aliphatic carbocycles. The van der Waals surface area contributed by atoms with Crippen molar-refractivity contribution in [2.24, 2.45) is 0 Å². The van der Waals surface area contributed by atoms with E-state index in [9.17, 15) is 0 Å². The summed E-state index contributed by atoms with van der Waals surface area (Å²) in [6.07, 6.45) is 5.21. The van der Waals surface area contributed by atoms with E-state index < -0.39 is 0 Å². The van der Waals surface area contributed by atoms with Gasteiger partial charge in [0.05, 0.1) is 5.69 Å². The van der Waals surface area contributed by atoms with Crippen LogP contribution in [0.2, 0.25) is 0 Å². The molecule has 5 heteroatoms. The number of benzene rings is 1. The minimum atomic E-state index is 0.533. The van der Waals surface area contributed by atoms with E-state index in [1.807, 2.05) is 12.1 Å². The summed E-state index contributed by atoms with van der Waals surface area (Å²) in [4.78, 5) is 14.3. The van der Waals surface area contributed by atoms with Crippen molar-refractivity contribution in [3.63, 3.8) is 0 Å². The molecule has 124 valence electrons. The third-order valence-corrected chi connectivity index (χ3v) is 5.60. The Morgan fingerprint density at radius 2 is 2.04 bits per heavy atom. The maximum Gasteiger partial charge on any atom is 0.136 e. The zero-order valence-corrected chi connectivity index (χ0v) is 13.8. The molecule has 2 saturated heterocycles. The van der Waals surface area contributed by atoms with Crippen molar-refractivity contribution >= 4 is 5.82 Å². The predicted molar refractivity (Wildman–Crippen MR) is 92.4 cm³/mol. The normalized spacial score (nSPS) is 23.0. The Labute approximate surface area is 142 Å². The van der Waals surface area contributed by atoms with Crippen molar-refractivity contribution in [1.82, 2.24) is 14.9 Å². The summed E-state index contributed by atoms with van der Waals surface area (Å²) in [6, 6.07) is 9.00. The fraction of sp³-hybridized carbons (Fsp3) is 0.474. The summed E-state index contributed by atoms with van der Waals surface area (Å²) in [5, 5.41) is 0. The van der Waals surface area contributed by atoms with E-state index in [1.165, 1.54) is 30.5 Å². The third kappa shape index (κ3) is 2.35. The monoisotopic (exact) mass is 322 g/mol. The molecule has 5 nitrogen and oxygen atoms in total. The maximum absolute atomic E-state index is 5.97. The Bertz CT molecular complexity index is 763. The highest BCUT2D eigenvalue weighted by molar-refractivity contribution is 5.54. The molecule has 3 aliphatic rings. The second-order valence-electron chi connectivity index (χ2n) is 6.97. The van der Waals surface area contributed by atoms with Gasteiger partial charge in [-0.2, -0.15) is 0 Å². The van der Waals surface area contributed by atoms with Crippen LogP contribution >= 0.6 is 0 Å². The first-order valence-corrected chi connectivity index (χ1v) is 8.91. The Morgan fingerprint density at radius 3 is 3.04 bits per heavy atom. The van der Waals surface area contributed by atoms with Gasteiger partial charge in [-0.25, -0.2) is 9.97 Å². The minimum absolute atomic E-state index is 0.533. The van der Waals surface area contributed by atoms with Gasteiger partial charge in [-0.1, -0.05) is 18.2 Å². The van der Waals surface area contributed by atoms with E-state index in [1.54, 1.807) is 6.33 Å². The summed E-state index contributed by atoms with van der Waals surface area (Å²) >= 11 is 0. The second-order valence-corrected chi connectivity index (χ2v) is 6.97. The zero-order chi connectivity index (χ0) is 15.9. The van der Waals surface area contributed by atoms with Crippen LogP contribution in [0.4, 0.5) is 5.82 Å². The van der Waals surface area contributed by atoms with Crippen LogP contribution in [-0.4, -0.2) is 47.1 Å². The highest BCUT2D eigenvalue weighted by Gasteiger charge is 2.32. The third-order valence-electron chi connectivity index (χ3n) is 5.60. The fourth-order valence-electron chi connectivity index (χ4n) is 4.33. The van der Waals surface area contributed by atoms with Crippen LogP contribution in [0.3, 0.4) is 0 Å². The molecule has 1 aromatic heterocycles. The number of hydrogen-bond donors (Lipinski definition) is 0. The molecule has 3 aliphatic heterocycles. The molecule has 5 rings (SSSR count). The smallest absolute Gasteiger partial charge is 0.136 e. The number of hydrogen-bond acceptors (Lipinski definition) is 5. The fourth-order valence-corrected chi connectivity index (χ4v) is 4.33. The van der Waals surface area contributed by atoms with Gasteiger partial charge in [0.1, 0.15) is 24.5 Å². The van der Waals surface area contributed by atoms with Crippen LogP contribution in [0.25, 0.3) is 0 Å². The summed E-state index contributed by atoms with van der Waals surface area (Å²) < 4.78 is 5.97. The Kier molecular flexibility index (Phi) is 3.40. The van der Waals surface area contributed by atoms with E-state index in [2.05, 4.69) is 31.9 Å². The number of nitrogens with zero attached hydrogens (tertiary/aromatic N) is 4. The Hall–Kier alpha value is -2.14. The molecule has 0 amide bonds. The first-order chi connectivity index (χ1) is 11.9. The largest absolute Gasteiger partial charge is 0.487 e. The van der Waals surface area contributed by atoms with E-state index in [0.29, 0.717) is 12.6 Å². The lowest BCUT2D eigenvalue weighted by Crippen LogP contribution is -2.50. The van der Waals surface area contributed by atoms with E-state index in [-0.39, 0.29) is 0 Å². The van der Waals surface area contributed by atoms with Gasteiger partial charge in [-0.05, 0) is 31.0 Å². The van der Waals surface area contributed by atoms with Gasteiger partial charge in [0, 0.05) is 37.7 Å². The first-order valence-electron chi connectivity index (χ1n) is 8.91. The van der Waals surface area contributed by atoms with Gasteiger partial charge in [0.15, 0.2) is 0 Å². The van der Waals surface area contributed by atoms with Crippen molar-refractivity contribution in [1.29, 1.82) is 0 Å². The van der Waals surface area contributed by atoms with Gasteiger partial charge in [-0.3, -0.25) is 4.90 Å². The number of fused-ring (bicyclic) bond motifs is 3. The van der Waals surface area contributed by atoms with Crippen LogP contribution in [0.5, 0.6) is 5.75 Å². The minimum Gasteiger partial charge on any atom is -0.487 e. The van der Waals surface area contributed by atoms with Crippen molar-refractivity contribution in [2.75, 3.05) is 31.1 Å². The van der Waals surface area contributed by atoms with Crippen LogP contribution in [0, 0.1) is 0 Å². The topological polar surface area (TPSA) is 41.5 Å². The van der Waals surface area contributed by atoms with Crippen LogP contribution in [0.1, 0.15) is 29.7 Å². The van der Waals surface area contributed by atoms with Crippen molar-refractivity contribution < 1.29 is 4.74 Å². The summed E-state index contributed by atoms with van der Waals surface area (Å²) in [7, 11) is 0. The molecule has 0 spiro atoms. The number of para-hydroxylation sites is 1. The SMILES string of the molecule is c1ccc2c(c1)Cc1c(ncnc1N1CCN3CCC[C@@H]3C1)CO2. The molecule has 2 fully saturated rings. The lowest BCUT2D eigenvalue weighted by molar-refractivity contribution is 0.230. The standard InChI is InChI=1S/C19H22N4O/c1-2-6-18-14(4-1)10-16-17(12-24-18)20-13-21-19(16)23-9-8-22-7-3-5-15(22)11-23/h1-2,4,6,13,15H,3,5,7-12H2/t15-/m1/s1. The highest BCUT2D eigenvalue weighted by Crippen LogP contribution is 2.33. The van der Waals surface area contributed by atoms with Gasteiger partial charge in [0.25, 0.3) is 0 Å². The molecular weight excluding hydrogens is 300 g/mol. The predicted octanol–water partition coefficient (Wildman–Crippen LogP) is 2.24. The highest BCUT2D eigenvalue weighted by atomic mass is 16.5. The number of piperazine rings is 1. The number of rotatable bonds is 1. The van der Waals surface area contributed by atoms with Crippen LogP contribution in [0.15, 0.2) is 30.6 Å². The van der Waals surface area contributed by atoms with Crippen molar-refractivity contribution in [3.05, 3.63) is 47.4 Å². The number of aromatic nitrogens is 2. The quantitative estimate of drug-likeness (QED) is 0.805. The lowest BCUT2D eigenvalue weighted by Gasteiger charge is -2.38. The number of anilines is 1. The maximum atomic E-state index is 5.97. The molecule has 4 heterocycles. The average molecular weight is 322 g/mol. The van der Waals surface area contributed by atoms with Gasteiger partial charge >= 0.3 is 0 Å². The Morgan fingerprint density at radius 1 is 1.08 bits per heavy atom. The van der Waals surface area contributed by atoms with Gasteiger partial charge in [-0.15, -0.1) is 0 Å². The van der Waals surface area contributed by atoms with Crippen LogP contribution < -0.4 is 9.64 Å². The first kappa shape index (κ1) is 14.2. The summed E-state index contributed by atoms with van der Waals surface area (Å²) in [5.74, 6) is 2.09. The van der Waals surface area contributed by atoms with E-state index >= 15 is 0 Å². The van der Waals surface area contributed by atoms with Crippen molar-refractivity contribution in [2.45, 2.75) is 31.9 Å². The molecule has 24 heavy (non-hydrogen) atoms. The molecule has 0 N–H and O–H groups in total. The second kappa shape index (κ2) is 5.74. The van der Waals surface area contributed by atoms with E-state index in [0.717, 1.165) is 43.3 Å². The number of ether oxygens (including phenoxy) is 1. The molecule has 1 aromatic carbocycles. The summed E-state index contributed by atoms with van der Waals surface area (Å²) in [5.41, 5.74) is 3.51. The van der Waals surface area contributed by atoms with Gasteiger partial charge < -0.3 is 9.64 Å². The average Bonchev–Trinajstić information content (AvgIpc) is 3.00. The molecule has 0 saturated carbocycles. The molecule has 0 radical (unpaired) electrons. The van der Waals surface area contributed by atoms with Crippen LogP contribution in [-0.2, 0) is 13.0 Å². The van der Waals surface area contributed by atoms with Gasteiger partial charge in [0.2, 0.25) is 0 Å². The molecular formula is C19H22N4O. The lowest BCUT2D eigenvalue weighted by atomic mass is 10.0. The van der Waals surface area contributed by atoms with E-state index in [4.69, 9.17) is 4.74 Å².